The van der Waals surface area contributed by atoms with Crippen molar-refractivity contribution < 1.29 is 42.1 Å². The Morgan fingerprint density at radius 3 is 1.27 bits per heavy atom. The Bertz CT molecular complexity index is 1190. The number of carbonyl (C=O) groups excluding carboxylic acids is 2. The molecule has 62 heavy (non-hydrogen) atoms. The quantitative estimate of drug-likeness (QED) is 0.0212. The lowest BCUT2D eigenvalue weighted by molar-refractivity contribution is -0.870. The second kappa shape index (κ2) is 44.2. The molecule has 0 radical (unpaired) electrons. The fourth-order valence-corrected chi connectivity index (χ4v) is 7.58. The molecule has 0 saturated heterocycles. The summed E-state index contributed by atoms with van der Waals surface area (Å²) in [6.45, 7) is 4.38. The zero-order valence-electron chi connectivity index (χ0n) is 40.9. The Balaban J connectivity index is 4.27. The van der Waals surface area contributed by atoms with E-state index in [0.29, 0.717) is 17.4 Å². The molecule has 0 saturated carbocycles. The van der Waals surface area contributed by atoms with Crippen molar-refractivity contribution in [3.8, 4) is 0 Å². The monoisotopic (exact) mass is 895 g/mol. The van der Waals surface area contributed by atoms with Gasteiger partial charge in [0, 0.05) is 12.8 Å². The number of esters is 2. The first-order valence-electron chi connectivity index (χ1n) is 25.4. The molecule has 0 amide bonds. The number of phosphoric ester groups is 1. The van der Waals surface area contributed by atoms with E-state index in [4.69, 9.17) is 18.5 Å². The SMILES string of the molecule is CCCCC/C=C/C/C=C/CCCCCCCCCCCC(=O)OC[C@H](COP(=O)(O)OCC[N+](C)(C)C)OC(=O)CCCCCCCCCCC/C=C/C/C=C/CCCCC. The molecule has 0 aromatic rings. The molecule has 362 valence electrons. The van der Waals surface area contributed by atoms with E-state index >= 15 is 0 Å². The van der Waals surface area contributed by atoms with Crippen LogP contribution in [-0.2, 0) is 32.7 Å². The van der Waals surface area contributed by atoms with Crippen LogP contribution in [0, 0.1) is 0 Å². The van der Waals surface area contributed by atoms with E-state index in [0.717, 1.165) is 57.8 Å². The Morgan fingerprint density at radius 2 is 0.871 bits per heavy atom. The van der Waals surface area contributed by atoms with Crippen molar-refractivity contribution in [2.75, 3.05) is 47.5 Å². The molecule has 0 aliphatic carbocycles. The molecule has 0 spiro atoms. The topological polar surface area (TPSA) is 108 Å². The minimum atomic E-state index is -4.38. The summed E-state index contributed by atoms with van der Waals surface area (Å²) in [7, 11) is 1.47. The zero-order chi connectivity index (χ0) is 45.7. The van der Waals surface area contributed by atoms with Gasteiger partial charge in [0.1, 0.15) is 19.8 Å². The van der Waals surface area contributed by atoms with Crippen LogP contribution in [0.3, 0.4) is 0 Å². The fraction of sp³-hybridized carbons (Fsp3) is 0.808. The molecule has 0 rings (SSSR count). The number of hydrogen-bond donors (Lipinski definition) is 1. The Kier molecular flexibility index (Phi) is 42.7. The number of ether oxygens (including phenoxy) is 2. The van der Waals surface area contributed by atoms with Crippen LogP contribution in [0.15, 0.2) is 48.6 Å². The van der Waals surface area contributed by atoms with Gasteiger partial charge in [-0.1, -0.05) is 178 Å². The van der Waals surface area contributed by atoms with Gasteiger partial charge in [0.15, 0.2) is 6.10 Å². The van der Waals surface area contributed by atoms with Crippen molar-refractivity contribution in [1.82, 2.24) is 0 Å². The van der Waals surface area contributed by atoms with E-state index in [1.165, 1.54) is 128 Å². The fourth-order valence-electron chi connectivity index (χ4n) is 6.84. The molecule has 0 aromatic carbocycles. The lowest BCUT2D eigenvalue weighted by Crippen LogP contribution is -2.37. The Hall–Kier alpha value is -2.03. The summed E-state index contributed by atoms with van der Waals surface area (Å²) in [4.78, 5) is 35.5. The number of rotatable bonds is 46. The van der Waals surface area contributed by atoms with Crippen LogP contribution in [-0.4, -0.2) is 74.9 Å². The van der Waals surface area contributed by atoms with Crippen LogP contribution < -0.4 is 0 Å². The molecule has 1 N–H and O–H groups in total. The first kappa shape index (κ1) is 60.0. The van der Waals surface area contributed by atoms with Crippen molar-refractivity contribution in [3.63, 3.8) is 0 Å². The summed E-state index contributed by atoms with van der Waals surface area (Å²) >= 11 is 0. The highest BCUT2D eigenvalue weighted by molar-refractivity contribution is 7.47. The third kappa shape index (κ3) is 47.4. The number of nitrogens with zero attached hydrogens (tertiary/aromatic N) is 1. The maximum absolute atomic E-state index is 12.8. The van der Waals surface area contributed by atoms with Crippen LogP contribution in [0.5, 0.6) is 0 Å². The summed E-state index contributed by atoms with van der Waals surface area (Å²) in [5.74, 6) is -0.804. The third-order valence-corrected chi connectivity index (χ3v) is 11.8. The first-order chi connectivity index (χ1) is 30.0. The molecule has 2 atom stereocenters. The van der Waals surface area contributed by atoms with E-state index in [1.807, 2.05) is 21.1 Å². The van der Waals surface area contributed by atoms with Gasteiger partial charge in [-0.2, -0.15) is 0 Å². The second-order valence-corrected chi connectivity index (χ2v) is 19.6. The van der Waals surface area contributed by atoms with Gasteiger partial charge in [-0.25, -0.2) is 4.57 Å². The number of phosphoric acid groups is 1. The summed E-state index contributed by atoms with van der Waals surface area (Å²) in [5.41, 5.74) is 0. The smallest absolute Gasteiger partial charge is 0.462 e. The second-order valence-electron chi connectivity index (χ2n) is 18.2. The van der Waals surface area contributed by atoms with Crippen molar-refractivity contribution in [1.29, 1.82) is 0 Å². The van der Waals surface area contributed by atoms with Crippen LogP contribution in [0.4, 0.5) is 0 Å². The highest BCUT2D eigenvalue weighted by Crippen LogP contribution is 2.43. The molecule has 0 bridgehead atoms. The van der Waals surface area contributed by atoms with Crippen LogP contribution >= 0.6 is 7.82 Å². The van der Waals surface area contributed by atoms with Gasteiger partial charge < -0.3 is 18.9 Å². The van der Waals surface area contributed by atoms with Gasteiger partial charge >= 0.3 is 19.8 Å². The predicted octanol–water partition coefficient (Wildman–Crippen LogP) is 15.0. The number of hydrogen-bond acceptors (Lipinski definition) is 7. The largest absolute Gasteiger partial charge is 0.472 e. The standard InChI is InChI=1S/C52H96NO8P/c1-6-8-10-12-14-16-18-20-22-24-26-28-30-32-34-36-38-40-42-44-51(54)58-48-50(49-60-62(56,57)59-47-46-53(3,4)5)61-52(55)45-43-41-39-37-35-33-31-29-27-25-23-21-19-17-15-13-11-9-7-2/h14-17,20-23,50H,6-13,18-19,24-49H2,1-5H3/p+1/b16-14+,17-15+,22-20+,23-21+/t50-/m1/s1. The van der Waals surface area contributed by atoms with Gasteiger partial charge in [0.05, 0.1) is 27.7 Å². The van der Waals surface area contributed by atoms with Crippen molar-refractivity contribution in [2.45, 2.75) is 225 Å². The summed E-state index contributed by atoms with van der Waals surface area (Å²) in [6.07, 6.45) is 52.9. The molecule has 1 unspecified atom stereocenters. The number of allylic oxidation sites excluding steroid dienone is 8. The van der Waals surface area contributed by atoms with Crippen LogP contribution in [0.25, 0.3) is 0 Å². The molecule has 0 aromatic heterocycles. The van der Waals surface area contributed by atoms with Gasteiger partial charge in [-0.3, -0.25) is 18.6 Å². The normalized spacial score (nSPS) is 13.8. The predicted molar refractivity (Wildman–Crippen MR) is 261 cm³/mol. The van der Waals surface area contributed by atoms with Gasteiger partial charge in [0.2, 0.25) is 0 Å². The van der Waals surface area contributed by atoms with Crippen molar-refractivity contribution in [2.24, 2.45) is 0 Å². The average molecular weight is 895 g/mol. The maximum Gasteiger partial charge on any atom is 0.472 e. The van der Waals surface area contributed by atoms with E-state index < -0.39 is 26.5 Å². The molecule has 0 aliphatic rings. The average Bonchev–Trinajstić information content (AvgIpc) is 3.23. The summed E-state index contributed by atoms with van der Waals surface area (Å²) < 4.78 is 34.4. The molecule has 10 heteroatoms. The number of quaternary nitrogens is 1. The molecule has 0 aliphatic heterocycles. The van der Waals surface area contributed by atoms with Gasteiger partial charge in [-0.15, -0.1) is 0 Å². The lowest BCUT2D eigenvalue weighted by Gasteiger charge is -2.24. The van der Waals surface area contributed by atoms with E-state index in [1.54, 1.807) is 0 Å². The van der Waals surface area contributed by atoms with Crippen LogP contribution in [0.2, 0.25) is 0 Å². The van der Waals surface area contributed by atoms with Crippen LogP contribution in [0.1, 0.15) is 219 Å². The van der Waals surface area contributed by atoms with Crippen molar-refractivity contribution >= 4 is 19.8 Å². The highest BCUT2D eigenvalue weighted by atomic mass is 31.2. The van der Waals surface area contributed by atoms with Gasteiger partial charge in [-0.05, 0) is 77.0 Å². The Morgan fingerprint density at radius 1 is 0.500 bits per heavy atom. The number of carbonyl (C=O) groups is 2. The van der Waals surface area contributed by atoms with E-state index in [2.05, 4.69) is 62.5 Å². The number of unbranched alkanes of at least 4 members (excludes halogenated alkanes) is 24. The number of likely N-dealkylation sites (N-methyl/N-ethyl adjacent to an activating group) is 1. The summed E-state index contributed by atoms with van der Waals surface area (Å²) in [6, 6.07) is 0. The maximum atomic E-state index is 12.8. The minimum absolute atomic E-state index is 0.0292. The third-order valence-electron chi connectivity index (χ3n) is 10.8. The molecule has 0 heterocycles. The molecular formula is C52H97NO8P+. The lowest BCUT2D eigenvalue weighted by atomic mass is 10.1. The molecular weight excluding hydrogens is 798 g/mol. The minimum Gasteiger partial charge on any atom is -0.462 e. The zero-order valence-corrected chi connectivity index (χ0v) is 41.7. The van der Waals surface area contributed by atoms with E-state index in [-0.39, 0.29) is 32.0 Å². The van der Waals surface area contributed by atoms with Gasteiger partial charge in [0.25, 0.3) is 0 Å². The molecule has 0 fully saturated rings. The highest BCUT2D eigenvalue weighted by Gasteiger charge is 2.27. The van der Waals surface area contributed by atoms with Crippen molar-refractivity contribution in [3.05, 3.63) is 48.6 Å². The summed E-state index contributed by atoms with van der Waals surface area (Å²) in [5, 5.41) is 0. The first-order valence-corrected chi connectivity index (χ1v) is 26.9. The molecule has 9 nitrogen and oxygen atoms in total. The van der Waals surface area contributed by atoms with E-state index in [9.17, 15) is 19.0 Å². The Labute approximate surface area is 382 Å².